The van der Waals surface area contributed by atoms with Gasteiger partial charge in [-0.05, 0) is 11.6 Å². The zero-order chi connectivity index (χ0) is 17.9. The second-order valence-corrected chi connectivity index (χ2v) is 4.81. The molecule has 7 heteroatoms. The van der Waals surface area contributed by atoms with Crippen LogP contribution < -0.4 is 5.32 Å². The second kappa shape index (κ2) is 11.6. The summed E-state index contributed by atoms with van der Waals surface area (Å²) in [7, 11) is 0. The molecule has 4 N–H and O–H groups in total. The molecule has 0 aliphatic rings. The van der Waals surface area contributed by atoms with E-state index < -0.39 is 17.9 Å². The normalized spacial score (nSPS) is 10.5. The lowest BCUT2D eigenvalue weighted by Crippen LogP contribution is -2.41. The van der Waals surface area contributed by atoms with Gasteiger partial charge in [0.25, 0.3) is 0 Å². The molecule has 25 heavy (non-hydrogen) atoms. The molecule has 1 amide bonds. The molecular formula is C18H25N3O4. The first-order valence-electron chi connectivity index (χ1n) is 7.79. The molecule has 2 aromatic rings. The van der Waals surface area contributed by atoms with Crippen molar-refractivity contribution in [2.45, 2.75) is 32.9 Å². The van der Waals surface area contributed by atoms with Crippen LogP contribution in [0.5, 0.6) is 0 Å². The highest BCUT2D eigenvalue weighted by molar-refractivity contribution is 5.90. The minimum atomic E-state index is -1.09. The number of hydrogen-bond acceptors (Lipinski definition) is 3. The Morgan fingerprint density at radius 2 is 1.96 bits per heavy atom. The Balaban J connectivity index is 0.00000185. The Morgan fingerprint density at radius 3 is 2.52 bits per heavy atom. The Labute approximate surface area is 147 Å². The fourth-order valence-corrected chi connectivity index (χ4v) is 2.08. The molecule has 2 rings (SSSR count). The number of rotatable bonds is 7. The van der Waals surface area contributed by atoms with E-state index in [1.165, 1.54) is 0 Å². The number of nitrogens with one attached hydrogen (secondary N) is 1. The van der Waals surface area contributed by atoms with Gasteiger partial charge in [0.05, 0.1) is 6.33 Å². The molecular weight excluding hydrogens is 322 g/mol. The lowest BCUT2D eigenvalue weighted by molar-refractivity contribution is -0.141. The van der Waals surface area contributed by atoms with Crippen molar-refractivity contribution in [2.24, 2.45) is 0 Å². The lowest BCUT2D eigenvalue weighted by Gasteiger charge is -2.15. The fourth-order valence-electron chi connectivity index (χ4n) is 2.08. The largest absolute Gasteiger partial charge is 0.480 e. The predicted molar refractivity (Wildman–Crippen MR) is 96.2 cm³/mol. The van der Waals surface area contributed by atoms with E-state index in [9.17, 15) is 14.7 Å². The van der Waals surface area contributed by atoms with Gasteiger partial charge in [0.15, 0.2) is 0 Å². The third-order valence-corrected chi connectivity index (χ3v) is 3.21. The summed E-state index contributed by atoms with van der Waals surface area (Å²) in [6.45, 7) is 7.92. The summed E-state index contributed by atoms with van der Waals surface area (Å²) in [4.78, 5) is 26.7. The van der Waals surface area contributed by atoms with Gasteiger partial charge in [-0.15, -0.1) is 0 Å². The van der Waals surface area contributed by atoms with Gasteiger partial charge in [-0.25, -0.2) is 9.78 Å². The number of hydrogen-bond donors (Lipinski definition) is 2. The number of carboxylic acid groups (broad SMARTS) is 1. The van der Waals surface area contributed by atoms with Crippen LogP contribution in [0.15, 0.2) is 55.5 Å². The second-order valence-electron chi connectivity index (χ2n) is 4.81. The monoisotopic (exact) mass is 347 g/mol. The standard InChI is InChI=1S/C16H17N3O3.C2H6.H2O/c1-2-15(20)18-14(16(21)22)8-13-9-17-11-19(13)10-12-6-4-3-5-7-12;1-2;/h2-7,9,11,14H,1,8,10H2,(H,18,20)(H,21,22);1-2H3;1H2/t14-;;/m0../s1. The van der Waals surface area contributed by atoms with Crippen LogP contribution in [-0.2, 0) is 22.6 Å². The fraction of sp³-hybridized carbons (Fsp3) is 0.278. The Morgan fingerprint density at radius 1 is 1.32 bits per heavy atom. The summed E-state index contributed by atoms with van der Waals surface area (Å²) in [5, 5.41) is 11.6. The molecule has 1 atom stereocenters. The summed E-state index contributed by atoms with van der Waals surface area (Å²) in [5.74, 6) is -1.61. The molecule has 1 aromatic carbocycles. The van der Waals surface area contributed by atoms with Gasteiger partial charge in [0.1, 0.15) is 6.04 Å². The van der Waals surface area contributed by atoms with Gasteiger partial charge in [0.2, 0.25) is 5.91 Å². The van der Waals surface area contributed by atoms with Crippen LogP contribution in [0, 0.1) is 0 Å². The van der Waals surface area contributed by atoms with Crippen LogP contribution in [0.1, 0.15) is 25.1 Å². The summed E-state index contributed by atoms with van der Waals surface area (Å²) in [5.41, 5.74) is 1.82. The minimum absolute atomic E-state index is 0. The smallest absolute Gasteiger partial charge is 0.326 e. The molecule has 136 valence electrons. The molecule has 7 nitrogen and oxygen atoms in total. The van der Waals surface area contributed by atoms with E-state index in [1.54, 1.807) is 12.5 Å². The molecule has 0 saturated heterocycles. The van der Waals surface area contributed by atoms with Crippen LogP contribution in [0.3, 0.4) is 0 Å². The number of carboxylic acids is 1. The molecule has 0 aliphatic heterocycles. The van der Waals surface area contributed by atoms with Crippen molar-refractivity contribution in [3.05, 3.63) is 66.8 Å². The lowest BCUT2D eigenvalue weighted by atomic mass is 10.1. The van der Waals surface area contributed by atoms with Crippen molar-refractivity contribution in [3.63, 3.8) is 0 Å². The molecule has 1 aromatic heterocycles. The SMILES string of the molecule is C=CC(=O)N[C@@H](Cc1cncn1Cc1ccccc1)C(=O)O.CC.O. The Bertz CT molecular complexity index is 668. The number of aromatic nitrogens is 2. The van der Waals surface area contributed by atoms with Crippen LogP contribution in [0.4, 0.5) is 0 Å². The maximum Gasteiger partial charge on any atom is 0.326 e. The molecule has 0 unspecified atom stereocenters. The van der Waals surface area contributed by atoms with Crippen molar-refractivity contribution in [2.75, 3.05) is 0 Å². The van der Waals surface area contributed by atoms with Crippen molar-refractivity contribution < 1.29 is 20.2 Å². The molecule has 1 heterocycles. The molecule has 0 fully saturated rings. The quantitative estimate of drug-likeness (QED) is 0.737. The third-order valence-electron chi connectivity index (χ3n) is 3.21. The summed E-state index contributed by atoms with van der Waals surface area (Å²) in [6.07, 6.45) is 4.47. The van der Waals surface area contributed by atoms with Crippen molar-refractivity contribution in [1.82, 2.24) is 14.9 Å². The third kappa shape index (κ3) is 7.01. The molecule has 0 spiro atoms. The van der Waals surface area contributed by atoms with Crippen molar-refractivity contribution in [3.8, 4) is 0 Å². The minimum Gasteiger partial charge on any atom is -0.480 e. The van der Waals surface area contributed by atoms with E-state index in [-0.39, 0.29) is 11.9 Å². The maximum absolute atomic E-state index is 11.3. The molecule has 0 bridgehead atoms. The van der Waals surface area contributed by atoms with E-state index in [0.29, 0.717) is 6.54 Å². The van der Waals surface area contributed by atoms with E-state index in [4.69, 9.17) is 0 Å². The van der Waals surface area contributed by atoms with E-state index >= 15 is 0 Å². The van der Waals surface area contributed by atoms with Gasteiger partial charge in [0, 0.05) is 24.9 Å². The van der Waals surface area contributed by atoms with Crippen molar-refractivity contribution in [1.29, 1.82) is 0 Å². The number of nitrogens with zero attached hydrogens (tertiary/aromatic N) is 2. The van der Waals surface area contributed by atoms with E-state index in [2.05, 4.69) is 16.9 Å². The number of imidazole rings is 1. The highest BCUT2D eigenvalue weighted by Gasteiger charge is 2.21. The highest BCUT2D eigenvalue weighted by Crippen LogP contribution is 2.08. The first kappa shape index (κ1) is 22.1. The zero-order valence-electron chi connectivity index (χ0n) is 14.5. The average molecular weight is 347 g/mol. The van der Waals surface area contributed by atoms with E-state index in [0.717, 1.165) is 17.3 Å². The highest BCUT2D eigenvalue weighted by atomic mass is 16.4. The first-order valence-corrected chi connectivity index (χ1v) is 7.79. The van der Waals surface area contributed by atoms with Gasteiger partial charge in [-0.2, -0.15) is 0 Å². The van der Waals surface area contributed by atoms with Crippen LogP contribution >= 0.6 is 0 Å². The van der Waals surface area contributed by atoms with Gasteiger partial charge < -0.3 is 20.5 Å². The summed E-state index contributed by atoms with van der Waals surface area (Å²) in [6, 6.07) is 8.77. The summed E-state index contributed by atoms with van der Waals surface area (Å²) < 4.78 is 1.87. The average Bonchev–Trinajstić information content (AvgIpc) is 3.03. The Hall–Kier alpha value is -2.93. The number of aliphatic carboxylic acids is 1. The zero-order valence-corrected chi connectivity index (χ0v) is 14.5. The number of benzene rings is 1. The van der Waals surface area contributed by atoms with E-state index in [1.807, 2.05) is 48.7 Å². The molecule has 0 saturated carbocycles. The van der Waals surface area contributed by atoms with Crippen LogP contribution in [0.25, 0.3) is 0 Å². The number of carbonyl (C=O) groups is 2. The molecule has 0 aliphatic carbocycles. The Kier molecular flexibility index (Phi) is 10.2. The van der Waals surface area contributed by atoms with Gasteiger partial charge in [-0.1, -0.05) is 50.8 Å². The van der Waals surface area contributed by atoms with Crippen LogP contribution in [-0.4, -0.2) is 38.1 Å². The van der Waals surface area contributed by atoms with Gasteiger partial charge in [-0.3, -0.25) is 4.79 Å². The van der Waals surface area contributed by atoms with Crippen LogP contribution in [0.2, 0.25) is 0 Å². The first-order chi connectivity index (χ1) is 11.6. The number of carbonyl (C=O) groups excluding carboxylic acids is 1. The van der Waals surface area contributed by atoms with Gasteiger partial charge >= 0.3 is 5.97 Å². The predicted octanol–water partition coefficient (Wildman–Crippen LogP) is 1.43. The summed E-state index contributed by atoms with van der Waals surface area (Å²) >= 11 is 0. The topological polar surface area (TPSA) is 116 Å². The number of amides is 1. The maximum atomic E-state index is 11.3. The van der Waals surface area contributed by atoms with Crippen molar-refractivity contribution >= 4 is 11.9 Å². The molecule has 0 radical (unpaired) electrons.